The van der Waals surface area contributed by atoms with E-state index in [2.05, 4.69) is 26.8 Å². The van der Waals surface area contributed by atoms with Gasteiger partial charge in [-0.15, -0.1) is 11.8 Å². The Balaban J connectivity index is 1.79. The van der Waals surface area contributed by atoms with Crippen molar-refractivity contribution in [1.29, 1.82) is 0 Å². The molecule has 0 aliphatic rings. The third-order valence-corrected chi connectivity index (χ3v) is 4.49. The molecule has 2 N–H and O–H groups in total. The summed E-state index contributed by atoms with van der Waals surface area (Å²) in [4.78, 5) is 24.5. The van der Waals surface area contributed by atoms with Gasteiger partial charge in [-0.25, -0.2) is 0 Å². The van der Waals surface area contributed by atoms with Gasteiger partial charge in [-0.1, -0.05) is 39.7 Å². The number of benzene rings is 2. The Kier molecular flexibility index (Phi) is 6.30. The Bertz CT molecular complexity index is 679. The first kappa shape index (κ1) is 16.9. The molecular formula is C15H12BrClN2O2S. The summed E-state index contributed by atoms with van der Waals surface area (Å²) >= 11 is 10.6. The number of rotatable bonds is 4. The summed E-state index contributed by atoms with van der Waals surface area (Å²) in [6, 6.07) is 14.2. The zero-order valence-electron chi connectivity index (χ0n) is 11.3. The second-order valence-corrected chi connectivity index (χ2v) is 6.60. The van der Waals surface area contributed by atoms with E-state index in [4.69, 9.17) is 11.6 Å². The highest BCUT2D eigenvalue weighted by Crippen LogP contribution is 2.20. The molecule has 0 radical (unpaired) electrons. The number of hydrogen-bond acceptors (Lipinski definition) is 3. The standard InChI is InChI=1S/C15H12BrClN2O2S/c16-10-5-7-11(8-6-10)22-9-14(20)18-19-15(21)12-3-1-2-4-13(12)17/h1-8H,9H2,(H,18,20)(H,19,21). The molecule has 0 aliphatic carbocycles. The van der Waals surface area contributed by atoms with Crippen molar-refractivity contribution in [3.8, 4) is 0 Å². The second kappa shape index (κ2) is 8.22. The van der Waals surface area contributed by atoms with Gasteiger partial charge in [0.15, 0.2) is 0 Å². The first-order valence-corrected chi connectivity index (χ1v) is 8.44. The van der Waals surface area contributed by atoms with Crippen molar-refractivity contribution in [3.05, 3.63) is 63.6 Å². The molecule has 4 nitrogen and oxygen atoms in total. The number of amides is 2. The fraction of sp³-hybridized carbons (Fsp3) is 0.0667. The van der Waals surface area contributed by atoms with Gasteiger partial charge in [0.25, 0.3) is 5.91 Å². The molecule has 0 spiro atoms. The maximum absolute atomic E-state index is 11.9. The van der Waals surface area contributed by atoms with Crippen LogP contribution in [0, 0.1) is 0 Å². The van der Waals surface area contributed by atoms with E-state index in [1.165, 1.54) is 11.8 Å². The van der Waals surface area contributed by atoms with E-state index in [1.54, 1.807) is 24.3 Å². The summed E-state index contributed by atoms with van der Waals surface area (Å²) in [5.74, 6) is -0.550. The van der Waals surface area contributed by atoms with Crippen LogP contribution in [-0.2, 0) is 4.79 Å². The van der Waals surface area contributed by atoms with Gasteiger partial charge in [0.1, 0.15) is 0 Å². The molecule has 0 saturated carbocycles. The normalized spacial score (nSPS) is 10.1. The lowest BCUT2D eigenvalue weighted by atomic mass is 10.2. The number of hydrogen-bond donors (Lipinski definition) is 2. The van der Waals surface area contributed by atoms with Crippen LogP contribution in [0.25, 0.3) is 0 Å². The van der Waals surface area contributed by atoms with Crippen molar-refractivity contribution >= 4 is 51.1 Å². The number of carbonyl (C=O) groups is 2. The summed E-state index contributed by atoms with van der Waals surface area (Å²) in [7, 11) is 0. The smallest absolute Gasteiger partial charge is 0.271 e. The van der Waals surface area contributed by atoms with E-state index < -0.39 is 5.91 Å². The van der Waals surface area contributed by atoms with Crippen molar-refractivity contribution < 1.29 is 9.59 Å². The Morgan fingerprint density at radius 2 is 1.73 bits per heavy atom. The summed E-state index contributed by atoms with van der Waals surface area (Å²) in [6.45, 7) is 0. The molecule has 2 rings (SSSR count). The Morgan fingerprint density at radius 3 is 2.41 bits per heavy atom. The molecule has 22 heavy (non-hydrogen) atoms. The minimum Gasteiger partial charge on any atom is -0.272 e. The van der Waals surface area contributed by atoms with Gasteiger partial charge in [-0.3, -0.25) is 20.4 Å². The van der Waals surface area contributed by atoms with Crippen LogP contribution in [0.1, 0.15) is 10.4 Å². The van der Waals surface area contributed by atoms with Crippen LogP contribution in [0.2, 0.25) is 5.02 Å². The van der Waals surface area contributed by atoms with Gasteiger partial charge < -0.3 is 0 Å². The predicted octanol–water partition coefficient (Wildman–Crippen LogP) is 3.66. The van der Waals surface area contributed by atoms with Gasteiger partial charge in [-0.05, 0) is 36.4 Å². The molecule has 0 aliphatic heterocycles. The monoisotopic (exact) mass is 398 g/mol. The Hall–Kier alpha value is -1.50. The van der Waals surface area contributed by atoms with Gasteiger partial charge in [0.05, 0.1) is 16.3 Å². The van der Waals surface area contributed by atoms with Crippen molar-refractivity contribution in [3.63, 3.8) is 0 Å². The predicted molar refractivity (Wildman–Crippen MR) is 91.9 cm³/mol. The van der Waals surface area contributed by atoms with Crippen LogP contribution in [0.4, 0.5) is 0 Å². The minimum absolute atomic E-state index is 0.199. The molecule has 0 unspecified atom stereocenters. The molecule has 7 heteroatoms. The topological polar surface area (TPSA) is 58.2 Å². The summed E-state index contributed by atoms with van der Waals surface area (Å²) in [5.41, 5.74) is 5.01. The first-order valence-electron chi connectivity index (χ1n) is 6.28. The lowest BCUT2D eigenvalue weighted by molar-refractivity contribution is -0.119. The molecule has 2 amide bonds. The van der Waals surface area contributed by atoms with Gasteiger partial charge in [0.2, 0.25) is 5.91 Å². The molecule has 0 atom stereocenters. The fourth-order valence-corrected chi connectivity index (χ4v) is 2.74. The van der Waals surface area contributed by atoms with Crippen LogP contribution >= 0.6 is 39.3 Å². The lowest BCUT2D eigenvalue weighted by Crippen LogP contribution is -2.42. The molecule has 114 valence electrons. The minimum atomic E-state index is -0.451. The Labute approximate surface area is 145 Å². The van der Waals surface area contributed by atoms with Crippen LogP contribution < -0.4 is 10.9 Å². The zero-order valence-corrected chi connectivity index (χ0v) is 14.5. The quantitative estimate of drug-likeness (QED) is 0.609. The van der Waals surface area contributed by atoms with Gasteiger partial charge in [-0.2, -0.15) is 0 Å². The van der Waals surface area contributed by atoms with Crippen LogP contribution in [0.3, 0.4) is 0 Å². The number of nitrogens with one attached hydrogen (secondary N) is 2. The van der Waals surface area contributed by atoms with E-state index in [0.29, 0.717) is 10.6 Å². The summed E-state index contributed by atoms with van der Waals surface area (Å²) in [6.07, 6.45) is 0. The number of halogens is 2. The molecule has 0 bridgehead atoms. The average Bonchev–Trinajstić information content (AvgIpc) is 2.52. The number of hydrazine groups is 1. The summed E-state index contributed by atoms with van der Waals surface area (Å²) in [5, 5.41) is 0.332. The largest absolute Gasteiger partial charge is 0.272 e. The molecule has 0 heterocycles. The average molecular weight is 400 g/mol. The highest BCUT2D eigenvalue weighted by atomic mass is 79.9. The SMILES string of the molecule is O=C(CSc1ccc(Br)cc1)NNC(=O)c1ccccc1Cl. The molecular weight excluding hydrogens is 388 g/mol. The molecule has 0 saturated heterocycles. The van der Waals surface area contributed by atoms with Gasteiger partial charge in [0, 0.05) is 9.37 Å². The first-order chi connectivity index (χ1) is 10.6. The van der Waals surface area contributed by atoms with E-state index in [1.807, 2.05) is 24.3 Å². The van der Waals surface area contributed by atoms with Crippen molar-refractivity contribution in [1.82, 2.24) is 10.9 Å². The summed E-state index contributed by atoms with van der Waals surface area (Å²) < 4.78 is 0.980. The van der Waals surface area contributed by atoms with E-state index >= 15 is 0 Å². The molecule has 0 fully saturated rings. The zero-order chi connectivity index (χ0) is 15.9. The Morgan fingerprint density at radius 1 is 1.05 bits per heavy atom. The maximum atomic E-state index is 11.9. The molecule has 2 aromatic carbocycles. The van der Waals surface area contributed by atoms with Crippen LogP contribution in [-0.4, -0.2) is 17.6 Å². The fourth-order valence-electron chi connectivity index (χ4n) is 1.55. The lowest BCUT2D eigenvalue weighted by Gasteiger charge is -2.08. The van der Waals surface area contributed by atoms with Crippen molar-refractivity contribution in [2.45, 2.75) is 4.90 Å². The van der Waals surface area contributed by atoms with E-state index in [0.717, 1.165) is 9.37 Å². The van der Waals surface area contributed by atoms with Crippen LogP contribution in [0.5, 0.6) is 0 Å². The third-order valence-electron chi connectivity index (χ3n) is 2.62. The van der Waals surface area contributed by atoms with Crippen molar-refractivity contribution in [2.24, 2.45) is 0 Å². The highest BCUT2D eigenvalue weighted by Gasteiger charge is 2.10. The molecule has 0 aromatic heterocycles. The highest BCUT2D eigenvalue weighted by molar-refractivity contribution is 9.10. The van der Waals surface area contributed by atoms with E-state index in [9.17, 15) is 9.59 Å². The number of thioether (sulfide) groups is 1. The molecule has 2 aromatic rings. The number of carbonyl (C=O) groups excluding carboxylic acids is 2. The third kappa shape index (κ3) is 5.05. The maximum Gasteiger partial charge on any atom is 0.271 e. The van der Waals surface area contributed by atoms with E-state index in [-0.39, 0.29) is 11.7 Å². The van der Waals surface area contributed by atoms with Gasteiger partial charge >= 0.3 is 0 Å². The second-order valence-electron chi connectivity index (χ2n) is 4.22. The van der Waals surface area contributed by atoms with Crippen LogP contribution in [0.15, 0.2) is 57.9 Å². The van der Waals surface area contributed by atoms with Crippen molar-refractivity contribution in [2.75, 3.05) is 5.75 Å².